The van der Waals surface area contributed by atoms with Crippen LogP contribution >= 0.6 is 0 Å². The molecule has 1 aromatic rings. The highest BCUT2D eigenvalue weighted by molar-refractivity contribution is 5.73. The first kappa shape index (κ1) is 18.2. The van der Waals surface area contributed by atoms with Crippen molar-refractivity contribution in [3.05, 3.63) is 17.7 Å². The molecule has 0 spiro atoms. The van der Waals surface area contributed by atoms with Gasteiger partial charge in [0.2, 0.25) is 0 Å². The average molecular weight is 338 g/mol. The summed E-state index contributed by atoms with van der Waals surface area (Å²) >= 11 is 0. The van der Waals surface area contributed by atoms with Gasteiger partial charge in [-0.3, -0.25) is 0 Å². The van der Waals surface area contributed by atoms with Crippen LogP contribution in [0.2, 0.25) is 0 Å². The van der Waals surface area contributed by atoms with E-state index in [9.17, 15) is 4.79 Å². The number of benzene rings is 1. The highest BCUT2D eigenvalue weighted by Gasteiger charge is 2.16. The van der Waals surface area contributed by atoms with Crippen molar-refractivity contribution in [2.45, 2.75) is 25.4 Å². The maximum absolute atomic E-state index is 11.8. The van der Waals surface area contributed by atoms with Crippen LogP contribution in [0.25, 0.3) is 0 Å². The highest BCUT2D eigenvalue weighted by Crippen LogP contribution is 2.34. The Labute approximate surface area is 142 Å². The van der Waals surface area contributed by atoms with E-state index < -0.39 is 0 Å². The second-order valence-electron chi connectivity index (χ2n) is 5.54. The van der Waals surface area contributed by atoms with Crippen molar-refractivity contribution in [1.29, 1.82) is 0 Å². The fourth-order valence-electron chi connectivity index (χ4n) is 2.67. The van der Waals surface area contributed by atoms with E-state index in [0.717, 1.165) is 25.0 Å². The molecule has 0 bridgehead atoms. The molecule has 134 valence electrons. The Bertz CT molecular complexity index is 544. The molecule has 1 atom stereocenters. The van der Waals surface area contributed by atoms with Crippen molar-refractivity contribution in [2.24, 2.45) is 0 Å². The summed E-state index contributed by atoms with van der Waals surface area (Å²) in [4.78, 5) is 11.8. The first-order valence-electron chi connectivity index (χ1n) is 8.10. The topological polar surface area (TPSA) is 78.0 Å². The van der Waals surface area contributed by atoms with Crippen LogP contribution in [0.1, 0.15) is 18.4 Å². The maximum Gasteiger partial charge on any atom is 0.314 e. The Morgan fingerprint density at radius 3 is 2.46 bits per heavy atom. The fraction of sp³-hybridized carbons (Fsp3) is 0.588. The van der Waals surface area contributed by atoms with Gasteiger partial charge >= 0.3 is 6.03 Å². The third-order valence-corrected chi connectivity index (χ3v) is 3.98. The van der Waals surface area contributed by atoms with Gasteiger partial charge in [0.1, 0.15) is 5.75 Å². The lowest BCUT2D eigenvalue weighted by Gasteiger charge is -2.15. The maximum atomic E-state index is 11.8. The molecular formula is C17H26N2O5. The minimum absolute atomic E-state index is 0.140. The van der Waals surface area contributed by atoms with Gasteiger partial charge in [0, 0.05) is 25.8 Å². The average Bonchev–Trinajstić information content (AvgIpc) is 3.13. The van der Waals surface area contributed by atoms with Crippen molar-refractivity contribution in [3.63, 3.8) is 0 Å². The number of methoxy groups -OCH3 is 3. The van der Waals surface area contributed by atoms with Crippen molar-refractivity contribution in [2.75, 3.05) is 41.0 Å². The molecule has 0 saturated carbocycles. The summed E-state index contributed by atoms with van der Waals surface area (Å²) in [5.41, 5.74) is 0.939. The summed E-state index contributed by atoms with van der Waals surface area (Å²) in [5, 5.41) is 5.67. The van der Waals surface area contributed by atoms with Gasteiger partial charge in [-0.15, -0.1) is 0 Å². The fourth-order valence-corrected chi connectivity index (χ4v) is 2.67. The molecule has 1 fully saturated rings. The number of nitrogens with one attached hydrogen (secondary N) is 2. The van der Waals surface area contributed by atoms with E-state index in [2.05, 4.69) is 10.6 Å². The van der Waals surface area contributed by atoms with Crippen molar-refractivity contribution < 1.29 is 23.7 Å². The highest BCUT2D eigenvalue weighted by atomic mass is 16.5. The Kier molecular flexibility index (Phi) is 6.99. The Balaban J connectivity index is 1.83. The molecule has 2 amide bonds. The minimum Gasteiger partial charge on any atom is -0.496 e. The molecular weight excluding hydrogens is 312 g/mol. The largest absolute Gasteiger partial charge is 0.496 e. The number of amides is 2. The van der Waals surface area contributed by atoms with Gasteiger partial charge in [-0.2, -0.15) is 0 Å². The third kappa shape index (κ3) is 4.92. The van der Waals surface area contributed by atoms with E-state index >= 15 is 0 Å². The quantitative estimate of drug-likeness (QED) is 0.755. The van der Waals surface area contributed by atoms with Gasteiger partial charge < -0.3 is 29.6 Å². The Hall–Kier alpha value is -2.15. The van der Waals surface area contributed by atoms with Crippen LogP contribution in [0.15, 0.2) is 12.1 Å². The van der Waals surface area contributed by atoms with E-state index in [1.165, 1.54) is 0 Å². The molecule has 0 radical (unpaired) electrons. The number of carbonyl (C=O) groups excluding carboxylic acids is 1. The predicted octanol–water partition coefficient (Wildman–Crippen LogP) is 1.73. The van der Waals surface area contributed by atoms with Crippen LogP contribution in [-0.2, 0) is 11.2 Å². The monoisotopic (exact) mass is 338 g/mol. The Morgan fingerprint density at radius 1 is 1.12 bits per heavy atom. The second-order valence-corrected chi connectivity index (χ2v) is 5.54. The summed E-state index contributed by atoms with van der Waals surface area (Å²) in [6, 6.07) is 3.46. The van der Waals surface area contributed by atoms with E-state index in [4.69, 9.17) is 18.9 Å². The summed E-state index contributed by atoms with van der Waals surface area (Å²) in [7, 11) is 4.77. The molecule has 2 rings (SSSR count). The lowest BCUT2D eigenvalue weighted by molar-refractivity contribution is 0.111. The minimum atomic E-state index is -0.190. The van der Waals surface area contributed by atoms with Crippen LogP contribution in [0, 0.1) is 0 Å². The standard InChI is InChI=1S/C17H26N2O5/c1-21-14-10-16(23-3)15(22-2)9-12(14)6-7-18-17(20)19-11-13-5-4-8-24-13/h9-10,13H,4-8,11H2,1-3H3,(H2,18,19,20). The summed E-state index contributed by atoms with van der Waals surface area (Å²) in [6.45, 7) is 1.82. The third-order valence-electron chi connectivity index (χ3n) is 3.98. The molecule has 0 aliphatic carbocycles. The van der Waals surface area contributed by atoms with E-state index in [1.807, 2.05) is 6.07 Å². The summed E-state index contributed by atoms with van der Waals surface area (Å²) in [6.07, 6.45) is 2.83. The van der Waals surface area contributed by atoms with E-state index in [0.29, 0.717) is 36.8 Å². The zero-order valence-electron chi connectivity index (χ0n) is 14.5. The first-order valence-corrected chi connectivity index (χ1v) is 8.10. The van der Waals surface area contributed by atoms with Gasteiger partial charge in [0.25, 0.3) is 0 Å². The SMILES string of the molecule is COc1cc(OC)c(OC)cc1CCNC(=O)NCC1CCCO1. The predicted molar refractivity (Wildman–Crippen MR) is 90.2 cm³/mol. The molecule has 7 nitrogen and oxygen atoms in total. The molecule has 1 aliphatic heterocycles. The normalized spacial score (nSPS) is 16.5. The van der Waals surface area contributed by atoms with Crippen LogP contribution in [-0.4, -0.2) is 53.2 Å². The molecule has 2 N–H and O–H groups in total. The van der Waals surface area contributed by atoms with Gasteiger partial charge in [-0.05, 0) is 30.9 Å². The van der Waals surface area contributed by atoms with Crippen LogP contribution in [0.3, 0.4) is 0 Å². The second kappa shape index (κ2) is 9.22. The van der Waals surface area contributed by atoms with E-state index in [1.54, 1.807) is 27.4 Å². The Morgan fingerprint density at radius 2 is 1.83 bits per heavy atom. The molecule has 7 heteroatoms. The van der Waals surface area contributed by atoms with Crippen LogP contribution in [0.4, 0.5) is 4.79 Å². The van der Waals surface area contributed by atoms with Crippen molar-refractivity contribution >= 4 is 6.03 Å². The summed E-state index contributed by atoms with van der Waals surface area (Å²) in [5.74, 6) is 1.95. The summed E-state index contributed by atoms with van der Waals surface area (Å²) < 4.78 is 21.4. The van der Waals surface area contributed by atoms with Crippen LogP contribution < -0.4 is 24.8 Å². The van der Waals surface area contributed by atoms with Gasteiger partial charge in [-0.1, -0.05) is 0 Å². The number of urea groups is 1. The molecule has 24 heavy (non-hydrogen) atoms. The lowest BCUT2D eigenvalue weighted by Crippen LogP contribution is -2.40. The molecule has 1 unspecified atom stereocenters. The van der Waals surface area contributed by atoms with Crippen LogP contribution in [0.5, 0.6) is 17.2 Å². The first-order chi connectivity index (χ1) is 11.7. The van der Waals surface area contributed by atoms with E-state index in [-0.39, 0.29) is 12.1 Å². The number of hydrogen-bond acceptors (Lipinski definition) is 5. The molecule has 1 aromatic carbocycles. The number of rotatable bonds is 8. The van der Waals surface area contributed by atoms with Gasteiger partial charge in [0.15, 0.2) is 11.5 Å². The lowest BCUT2D eigenvalue weighted by atomic mass is 10.1. The smallest absolute Gasteiger partial charge is 0.314 e. The molecule has 1 saturated heterocycles. The molecule has 1 aliphatic rings. The van der Waals surface area contributed by atoms with Gasteiger partial charge in [-0.25, -0.2) is 4.79 Å². The van der Waals surface area contributed by atoms with Crippen molar-refractivity contribution in [1.82, 2.24) is 10.6 Å². The number of hydrogen-bond donors (Lipinski definition) is 2. The molecule has 1 heterocycles. The van der Waals surface area contributed by atoms with Crippen molar-refractivity contribution in [3.8, 4) is 17.2 Å². The number of carbonyl (C=O) groups is 1. The van der Waals surface area contributed by atoms with Gasteiger partial charge in [0.05, 0.1) is 27.4 Å². The molecule has 0 aromatic heterocycles. The number of ether oxygens (including phenoxy) is 4. The zero-order chi connectivity index (χ0) is 17.4. The zero-order valence-corrected chi connectivity index (χ0v) is 14.5.